The molecule has 2 unspecified atom stereocenters. The van der Waals surface area contributed by atoms with Gasteiger partial charge < -0.3 is 4.74 Å². The minimum Gasteiger partial charge on any atom is -0.420 e. The summed E-state index contributed by atoms with van der Waals surface area (Å²) >= 11 is 0. The highest BCUT2D eigenvalue weighted by atomic mass is 16.5. The minimum absolute atomic E-state index is 0.217. The van der Waals surface area contributed by atoms with Gasteiger partial charge in [0.25, 0.3) is 0 Å². The van der Waals surface area contributed by atoms with E-state index >= 15 is 0 Å². The van der Waals surface area contributed by atoms with Crippen LogP contribution in [0.3, 0.4) is 0 Å². The fourth-order valence-corrected chi connectivity index (χ4v) is 2.76. The van der Waals surface area contributed by atoms with Crippen LogP contribution in [-0.4, -0.2) is 15.9 Å². The Morgan fingerprint density at radius 1 is 1.08 bits per heavy atom. The molecular formula is C20H20N2O2. The summed E-state index contributed by atoms with van der Waals surface area (Å²) in [6, 6.07) is 8.50. The number of hydrogen-bond donors (Lipinski definition) is 0. The Morgan fingerprint density at radius 3 is 2.38 bits per heavy atom. The first-order chi connectivity index (χ1) is 11.5. The second kappa shape index (κ2) is 6.79. The average molecular weight is 320 g/mol. The van der Waals surface area contributed by atoms with E-state index in [0.29, 0.717) is 17.1 Å². The molecule has 0 aliphatic heterocycles. The van der Waals surface area contributed by atoms with E-state index in [4.69, 9.17) is 4.74 Å². The number of rotatable bonds is 3. The zero-order valence-electron chi connectivity index (χ0n) is 14.1. The Morgan fingerprint density at radius 2 is 1.75 bits per heavy atom. The number of allylic oxidation sites excluding steroid dienone is 2. The summed E-state index contributed by atoms with van der Waals surface area (Å²) in [4.78, 5) is 20.3. The van der Waals surface area contributed by atoms with Gasteiger partial charge in [-0.1, -0.05) is 55.0 Å². The van der Waals surface area contributed by atoms with E-state index in [1.54, 1.807) is 6.92 Å². The van der Waals surface area contributed by atoms with Crippen LogP contribution in [0, 0.1) is 19.8 Å². The summed E-state index contributed by atoms with van der Waals surface area (Å²) in [7, 11) is 0. The van der Waals surface area contributed by atoms with Crippen LogP contribution in [0.15, 0.2) is 60.5 Å². The zero-order chi connectivity index (χ0) is 17.1. The van der Waals surface area contributed by atoms with Crippen LogP contribution in [0.4, 0.5) is 0 Å². The number of benzene rings is 1. The van der Waals surface area contributed by atoms with E-state index in [0.717, 1.165) is 0 Å². The molecule has 3 rings (SSSR count). The minimum atomic E-state index is -0.382. The van der Waals surface area contributed by atoms with E-state index in [-0.39, 0.29) is 17.8 Å². The zero-order valence-corrected chi connectivity index (χ0v) is 14.1. The molecule has 2 atom stereocenters. The Hall–Kier alpha value is -2.75. The number of esters is 1. The van der Waals surface area contributed by atoms with Crippen molar-refractivity contribution in [3.8, 4) is 5.75 Å². The number of carbonyl (C=O) groups excluding carboxylic acids is 1. The Balaban J connectivity index is 1.71. The molecule has 0 fully saturated rings. The van der Waals surface area contributed by atoms with Crippen LogP contribution in [-0.2, 0) is 4.79 Å². The van der Waals surface area contributed by atoms with E-state index in [1.165, 1.54) is 23.5 Å². The van der Waals surface area contributed by atoms with E-state index in [1.807, 2.05) is 12.2 Å². The lowest BCUT2D eigenvalue weighted by atomic mass is 9.82. The molecule has 1 aromatic heterocycles. The normalized spacial score (nSPS) is 19.7. The van der Waals surface area contributed by atoms with E-state index < -0.39 is 0 Å². The fraction of sp³-hybridized carbons (Fsp3) is 0.250. The van der Waals surface area contributed by atoms with E-state index in [9.17, 15) is 4.79 Å². The smallest absolute Gasteiger partial charge is 0.343 e. The molecule has 4 nitrogen and oxygen atoms in total. The summed E-state index contributed by atoms with van der Waals surface area (Å²) in [6.07, 6.45) is 8.87. The molecule has 1 aliphatic carbocycles. The van der Waals surface area contributed by atoms with Crippen molar-refractivity contribution in [2.24, 2.45) is 5.92 Å². The molecule has 0 spiro atoms. The van der Waals surface area contributed by atoms with Crippen molar-refractivity contribution in [2.75, 3.05) is 0 Å². The van der Waals surface area contributed by atoms with Crippen LogP contribution in [0.25, 0.3) is 0 Å². The molecule has 1 aliphatic rings. The molecule has 122 valence electrons. The second-order valence-electron chi connectivity index (χ2n) is 6.13. The largest absolute Gasteiger partial charge is 0.420 e. The lowest BCUT2D eigenvalue weighted by molar-refractivity contribution is -0.129. The quantitative estimate of drug-likeness (QED) is 0.805. The van der Waals surface area contributed by atoms with Crippen molar-refractivity contribution in [1.82, 2.24) is 9.97 Å². The average Bonchev–Trinajstić information content (AvgIpc) is 2.58. The van der Waals surface area contributed by atoms with Gasteiger partial charge in [0.05, 0.1) is 18.0 Å². The molecule has 1 heterocycles. The Bertz CT molecular complexity index is 789. The Kier molecular flexibility index (Phi) is 4.56. The highest BCUT2D eigenvalue weighted by Gasteiger charge is 2.22. The predicted molar refractivity (Wildman–Crippen MR) is 92.7 cm³/mol. The number of nitrogens with zero attached hydrogens (tertiary/aromatic N) is 2. The third-order valence-electron chi connectivity index (χ3n) is 4.16. The van der Waals surface area contributed by atoms with Gasteiger partial charge in [0, 0.05) is 5.92 Å². The highest BCUT2D eigenvalue weighted by Crippen LogP contribution is 2.32. The van der Waals surface area contributed by atoms with Crippen LogP contribution in [0.2, 0.25) is 0 Å². The van der Waals surface area contributed by atoms with Gasteiger partial charge in [-0.2, -0.15) is 0 Å². The molecule has 0 saturated carbocycles. The maximum absolute atomic E-state index is 12.3. The third-order valence-corrected chi connectivity index (χ3v) is 4.16. The summed E-state index contributed by atoms with van der Waals surface area (Å²) in [5.74, 6) is 1.10. The lowest BCUT2D eigenvalue weighted by Crippen LogP contribution is -2.16. The molecule has 4 heteroatoms. The maximum Gasteiger partial charge on any atom is 0.343 e. The van der Waals surface area contributed by atoms with Gasteiger partial charge in [-0.05, 0) is 25.3 Å². The van der Waals surface area contributed by atoms with Crippen molar-refractivity contribution < 1.29 is 9.53 Å². The standard InChI is InChI=1S/C20H20N2O2/c1-13-4-6-16(7-5-13)19-9-8-17(10-14(19)2)20(23)24-18-11-21-15(3)22-12-18/h4-12,14,19H,1-3H3. The first kappa shape index (κ1) is 16.1. The van der Waals surface area contributed by atoms with Gasteiger partial charge in [0.2, 0.25) is 0 Å². The van der Waals surface area contributed by atoms with Gasteiger partial charge in [-0.3, -0.25) is 0 Å². The van der Waals surface area contributed by atoms with Crippen molar-refractivity contribution >= 4 is 5.97 Å². The maximum atomic E-state index is 12.3. The third kappa shape index (κ3) is 3.59. The topological polar surface area (TPSA) is 52.1 Å². The second-order valence-corrected chi connectivity index (χ2v) is 6.13. The number of hydrogen-bond acceptors (Lipinski definition) is 4. The van der Waals surface area contributed by atoms with Crippen LogP contribution < -0.4 is 4.74 Å². The van der Waals surface area contributed by atoms with Gasteiger partial charge in [-0.15, -0.1) is 0 Å². The monoisotopic (exact) mass is 320 g/mol. The molecule has 0 bridgehead atoms. The number of aromatic nitrogens is 2. The van der Waals surface area contributed by atoms with E-state index in [2.05, 4.69) is 54.2 Å². The van der Waals surface area contributed by atoms with Crippen molar-refractivity contribution in [1.29, 1.82) is 0 Å². The summed E-state index contributed by atoms with van der Waals surface area (Å²) in [5, 5.41) is 0. The first-order valence-corrected chi connectivity index (χ1v) is 8.00. The highest BCUT2D eigenvalue weighted by molar-refractivity contribution is 5.93. The summed E-state index contributed by atoms with van der Waals surface area (Å²) in [5.41, 5.74) is 3.05. The first-order valence-electron chi connectivity index (χ1n) is 8.00. The molecule has 0 amide bonds. The van der Waals surface area contributed by atoms with Gasteiger partial charge in [0.15, 0.2) is 5.75 Å². The molecule has 0 saturated heterocycles. The van der Waals surface area contributed by atoms with Gasteiger partial charge in [-0.25, -0.2) is 14.8 Å². The van der Waals surface area contributed by atoms with Gasteiger partial charge in [0.1, 0.15) is 5.82 Å². The number of ether oxygens (including phenoxy) is 1. The van der Waals surface area contributed by atoms with Crippen molar-refractivity contribution in [2.45, 2.75) is 26.7 Å². The molecular weight excluding hydrogens is 300 g/mol. The molecule has 1 aromatic carbocycles. The SMILES string of the molecule is Cc1ccc(C2C=CC(C(=O)Oc3cnc(C)nc3)=CC2C)cc1. The molecule has 0 N–H and O–H groups in total. The predicted octanol–water partition coefficient (Wildman–Crippen LogP) is 3.91. The van der Waals surface area contributed by atoms with Crippen LogP contribution in [0.1, 0.15) is 29.8 Å². The van der Waals surface area contributed by atoms with Crippen molar-refractivity contribution in [3.63, 3.8) is 0 Å². The lowest BCUT2D eigenvalue weighted by Gasteiger charge is -2.23. The summed E-state index contributed by atoms with van der Waals surface area (Å²) < 4.78 is 5.33. The fourth-order valence-electron chi connectivity index (χ4n) is 2.76. The Labute approximate surface area is 141 Å². The number of carbonyl (C=O) groups is 1. The van der Waals surface area contributed by atoms with Crippen molar-refractivity contribution in [3.05, 3.63) is 77.4 Å². The van der Waals surface area contributed by atoms with Crippen LogP contribution in [0.5, 0.6) is 5.75 Å². The molecule has 0 radical (unpaired) electrons. The summed E-state index contributed by atoms with van der Waals surface area (Å²) in [6.45, 7) is 5.97. The number of aryl methyl sites for hydroxylation is 2. The molecule has 24 heavy (non-hydrogen) atoms. The van der Waals surface area contributed by atoms with Crippen LogP contribution >= 0.6 is 0 Å². The molecule has 2 aromatic rings. The van der Waals surface area contributed by atoms with Gasteiger partial charge >= 0.3 is 5.97 Å².